The molecular formula is C18H22N2O2. The Balaban J connectivity index is 0.00000102. The van der Waals surface area contributed by atoms with Crippen LogP contribution in [0, 0.1) is 6.92 Å². The second-order valence-electron chi connectivity index (χ2n) is 3.97. The van der Waals surface area contributed by atoms with Crippen LogP contribution in [0.1, 0.15) is 11.3 Å². The molecular weight excluding hydrogens is 276 g/mol. The molecule has 4 nitrogen and oxygen atoms in total. The molecule has 0 saturated carbocycles. The van der Waals surface area contributed by atoms with Gasteiger partial charge in [0.1, 0.15) is 18.7 Å². The molecule has 4 heteroatoms. The minimum Gasteiger partial charge on any atom is -0.444 e. The standard InChI is InChI=1S/C16H15NO.CH5N.CH2O/c1-4-6-13(5-2)15-11-18-16(17-15)14-9-7-12(3)8-10-14;2*1-2/h4-11H,1-2H2,3H3;2H2,1H3;1H2/b13-6+;;. The van der Waals surface area contributed by atoms with Gasteiger partial charge in [-0.05, 0) is 26.1 Å². The van der Waals surface area contributed by atoms with E-state index in [-0.39, 0.29) is 0 Å². The number of nitrogens with two attached hydrogens (primary N) is 1. The van der Waals surface area contributed by atoms with Gasteiger partial charge in [0, 0.05) is 11.1 Å². The lowest BCUT2D eigenvalue weighted by atomic mass is 10.1. The third-order valence-corrected chi connectivity index (χ3v) is 2.62. The van der Waals surface area contributed by atoms with Gasteiger partial charge < -0.3 is 14.9 Å². The van der Waals surface area contributed by atoms with Gasteiger partial charge in [-0.25, -0.2) is 4.98 Å². The van der Waals surface area contributed by atoms with Crippen LogP contribution in [-0.4, -0.2) is 18.8 Å². The Bertz CT molecular complexity index is 610. The normalized spacial score (nSPS) is 9.68. The van der Waals surface area contributed by atoms with Gasteiger partial charge in [-0.15, -0.1) is 0 Å². The van der Waals surface area contributed by atoms with Crippen molar-refractivity contribution in [2.75, 3.05) is 7.05 Å². The maximum atomic E-state index is 8.00. The topological polar surface area (TPSA) is 69.1 Å². The van der Waals surface area contributed by atoms with Gasteiger partial charge in [0.15, 0.2) is 0 Å². The van der Waals surface area contributed by atoms with Crippen LogP contribution in [0.2, 0.25) is 0 Å². The highest BCUT2D eigenvalue weighted by Gasteiger charge is 2.07. The average Bonchev–Trinajstić information content (AvgIpc) is 3.07. The van der Waals surface area contributed by atoms with Gasteiger partial charge >= 0.3 is 0 Å². The van der Waals surface area contributed by atoms with Gasteiger partial charge in [0.25, 0.3) is 0 Å². The molecule has 0 aliphatic rings. The number of allylic oxidation sites excluding steroid dienone is 4. The van der Waals surface area contributed by atoms with Crippen LogP contribution in [0.15, 0.2) is 66.3 Å². The molecule has 0 fully saturated rings. The number of aryl methyl sites for hydroxylation is 1. The Labute approximate surface area is 131 Å². The SMILES string of the molecule is C=C/C=C(\C=C)c1coc(-c2ccc(C)cc2)n1.C=O.CN. The summed E-state index contributed by atoms with van der Waals surface area (Å²) in [7, 11) is 1.50. The van der Waals surface area contributed by atoms with Crippen LogP contribution in [0.5, 0.6) is 0 Å². The third-order valence-electron chi connectivity index (χ3n) is 2.62. The smallest absolute Gasteiger partial charge is 0.226 e. The van der Waals surface area contributed by atoms with E-state index in [1.807, 2.05) is 44.1 Å². The molecule has 0 saturated heterocycles. The van der Waals surface area contributed by atoms with Crippen molar-refractivity contribution >= 4 is 12.4 Å². The number of carbonyl (C=O) groups excluding carboxylic acids is 1. The van der Waals surface area contributed by atoms with E-state index in [0.29, 0.717) is 5.89 Å². The second kappa shape index (κ2) is 11.0. The monoisotopic (exact) mass is 298 g/mol. The first-order valence-electron chi connectivity index (χ1n) is 6.59. The van der Waals surface area contributed by atoms with Gasteiger partial charge in [0.05, 0.1) is 0 Å². The predicted molar refractivity (Wildman–Crippen MR) is 92.3 cm³/mol. The summed E-state index contributed by atoms with van der Waals surface area (Å²) in [6.45, 7) is 11.5. The van der Waals surface area contributed by atoms with E-state index < -0.39 is 0 Å². The predicted octanol–water partition coefficient (Wildman–Crippen LogP) is 3.80. The number of rotatable bonds is 4. The highest BCUT2D eigenvalue weighted by Crippen LogP contribution is 2.22. The highest BCUT2D eigenvalue weighted by molar-refractivity contribution is 5.73. The lowest BCUT2D eigenvalue weighted by molar-refractivity contribution is -0.0979. The summed E-state index contributed by atoms with van der Waals surface area (Å²) in [6.07, 6.45) is 6.92. The first kappa shape index (κ1) is 19.3. The third kappa shape index (κ3) is 5.34. The molecule has 1 heterocycles. The minimum atomic E-state index is 0.613. The molecule has 0 atom stereocenters. The lowest BCUT2D eigenvalue weighted by Gasteiger charge is -1.96. The van der Waals surface area contributed by atoms with Crippen molar-refractivity contribution in [1.29, 1.82) is 0 Å². The molecule has 2 rings (SSSR count). The Kier molecular flexibility index (Phi) is 9.64. The van der Waals surface area contributed by atoms with Crippen LogP contribution in [-0.2, 0) is 4.79 Å². The van der Waals surface area contributed by atoms with E-state index in [1.165, 1.54) is 12.6 Å². The molecule has 2 N–H and O–H groups in total. The number of hydrogen-bond acceptors (Lipinski definition) is 4. The summed E-state index contributed by atoms with van der Waals surface area (Å²) >= 11 is 0. The molecule has 22 heavy (non-hydrogen) atoms. The Hall–Kier alpha value is -2.72. The van der Waals surface area contributed by atoms with Crippen LogP contribution < -0.4 is 5.73 Å². The van der Waals surface area contributed by atoms with E-state index in [1.54, 1.807) is 18.4 Å². The van der Waals surface area contributed by atoms with Crippen molar-refractivity contribution in [2.45, 2.75) is 6.92 Å². The number of aromatic nitrogens is 1. The maximum Gasteiger partial charge on any atom is 0.226 e. The number of benzene rings is 1. The Morgan fingerprint density at radius 1 is 1.18 bits per heavy atom. The van der Waals surface area contributed by atoms with E-state index in [0.717, 1.165) is 16.8 Å². The van der Waals surface area contributed by atoms with Crippen LogP contribution in [0.4, 0.5) is 0 Å². The summed E-state index contributed by atoms with van der Waals surface area (Å²) < 4.78 is 5.49. The van der Waals surface area contributed by atoms with Crippen molar-refractivity contribution in [3.05, 3.63) is 73.2 Å². The number of hydrogen-bond donors (Lipinski definition) is 1. The molecule has 1 aromatic heterocycles. The summed E-state index contributed by atoms with van der Waals surface area (Å²) in [6, 6.07) is 8.06. The summed E-state index contributed by atoms with van der Waals surface area (Å²) in [4.78, 5) is 12.4. The van der Waals surface area contributed by atoms with Gasteiger partial charge in [0.2, 0.25) is 5.89 Å². The largest absolute Gasteiger partial charge is 0.444 e. The van der Waals surface area contributed by atoms with Crippen molar-refractivity contribution in [1.82, 2.24) is 4.98 Å². The summed E-state index contributed by atoms with van der Waals surface area (Å²) in [5, 5.41) is 0. The fourth-order valence-electron chi connectivity index (χ4n) is 1.62. The molecule has 0 spiro atoms. The van der Waals surface area contributed by atoms with E-state index in [9.17, 15) is 0 Å². The maximum absolute atomic E-state index is 8.00. The van der Waals surface area contributed by atoms with E-state index in [2.05, 4.69) is 23.9 Å². The molecule has 1 aromatic carbocycles. The molecule has 0 aliphatic heterocycles. The van der Waals surface area contributed by atoms with Crippen molar-refractivity contribution in [3.8, 4) is 11.5 Å². The first-order valence-corrected chi connectivity index (χ1v) is 6.59. The molecule has 0 aliphatic carbocycles. The van der Waals surface area contributed by atoms with Crippen molar-refractivity contribution in [3.63, 3.8) is 0 Å². The molecule has 0 radical (unpaired) electrons. The van der Waals surface area contributed by atoms with E-state index in [4.69, 9.17) is 9.21 Å². The molecule has 0 bridgehead atoms. The Morgan fingerprint density at radius 2 is 1.77 bits per heavy atom. The average molecular weight is 298 g/mol. The molecule has 2 aromatic rings. The lowest BCUT2D eigenvalue weighted by Crippen LogP contribution is -1.82. The molecule has 116 valence electrons. The fraction of sp³-hybridized carbons (Fsp3) is 0.111. The Morgan fingerprint density at radius 3 is 2.27 bits per heavy atom. The summed E-state index contributed by atoms with van der Waals surface area (Å²) in [5.41, 5.74) is 8.34. The zero-order valence-electron chi connectivity index (χ0n) is 13.1. The zero-order valence-corrected chi connectivity index (χ0v) is 13.1. The van der Waals surface area contributed by atoms with Gasteiger partial charge in [-0.1, -0.05) is 49.1 Å². The number of carbonyl (C=O) groups is 1. The van der Waals surface area contributed by atoms with Crippen molar-refractivity contribution in [2.24, 2.45) is 5.73 Å². The summed E-state index contributed by atoms with van der Waals surface area (Å²) in [5.74, 6) is 0.613. The fourth-order valence-corrected chi connectivity index (χ4v) is 1.62. The van der Waals surface area contributed by atoms with Crippen LogP contribution in [0.3, 0.4) is 0 Å². The first-order chi connectivity index (χ1) is 10.7. The molecule has 0 amide bonds. The van der Waals surface area contributed by atoms with E-state index >= 15 is 0 Å². The van der Waals surface area contributed by atoms with Crippen molar-refractivity contribution < 1.29 is 9.21 Å². The quantitative estimate of drug-likeness (QED) is 0.872. The molecule has 0 unspecified atom stereocenters. The highest BCUT2D eigenvalue weighted by atomic mass is 16.3. The van der Waals surface area contributed by atoms with Crippen LogP contribution in [0.25, 0.3) is 17.0 Å². The minimum absolute atomic E-state index is 0.613. The zero-order chi connectivity index (χ0) is 17.0. The van der Waals surface area contributed by atoms with Gasteiger partial charge in [-0.3, -0.25) is 0 Å². The second-order valence-corrected chi connectivity index (χ2v) is 3.97. The number of nitrogens with zero attached hydrogens (tertiary/aromatic N) is 1. The van der Waals surface area contributed by atoms with Gasteiger partial charge in [-0.2, -0.15) is 0 Å². The number of oxazole rings is 1. The van der Waals surface area contributed by atoms with Crippen LogP contribution >= 0.6 is 0 Å².